The predicted molar refractivity (Wildman–Crippen MR) is 65.2 cm³/mol. The van der Waals surface area contributed by atoms with Crippen LogP contribution in [0.4, 0.5) is 8.78 Å². The van der Waals surface area contributed by atoms with Gasteiger partial charge in [-0.15, -0.1) is 0 Å². The maximum absolute atomic E-state index is 13.8. The number of hydrogen-bond donors (Lipinski definition) is 2. The first kappa shape index (κ1) is 14.5. The quantitative estimate of drug-likeness (QED) is 0.499. The Balaban J connectivity index is 2.98. The van der Waals surface area contributed by atoms with E-state index in [2.05, 4.69) is 21.4 Å². The van der Waals surface area contributed by atoms with E-state index in [1.807, 2.05) is 13.8 Å². The Hall–Kier alpha value is -0.560. The molecule has 1 atom stereocenters. The Bertz CT molecular complexity index is 388. The molecule has 1 aromatic rings. The molecule has 0 saturated heterocycles. The van der Waals surface area contributed by atoms with Gasteiger partial charge in [0.1, 0.15) is 11.6 Å². The third kappa shape index (κ3) is 3.70. The maximum atomic E-state index is 13.8. The summed E-state index contributed by atoms with van der Waals surface area (Å²) in [5.41, 5.74) is 2.23. The van der Waals surface area contributed by atoms with Gasteiger partial charge in [-0.25, -0.2) is 8.78 Å². The van der Waals surface area contributed by atoms with Crippen LogP contribution in [0.2, 0.25) is 0 Å². The van der Waals surface area contributed by atoms with Crippen molar-refractivity contribution in [1.82, 2.24) is 5.43 Å². The summed E-state index contributed by atoms with van der Waals surface area (Å²) in [5.74, 6) is 3.98. The molecule has 0 heterocycles. The van der Waals surface area contributed by atoms with Gasteiger partial charge in [0, 0.05) is 5.56 Å². The van der Waals surface area contributed by atoms with Crippen molar-refractivity contribution in [1.29, 1.82) is 0 Å². The fourth-order valence-electron chi connectivity index (χ4n) is 1.37. The molecule has 6 heteroatoms. The van der Waals surface area contributed by atoms with Crippen molar-refractivity contribution in [2.24, 2.45) is 5.84 Å². The monoisotopic (exact) mass is 308 g/mol. The molecule has 0 aromatic heterocycles. The van der Waals surface area contributed by atoms with Crippen molar-refractivity contribution in [3.05, 3.63) is 33.8 Å². The second-order valence-electron chi connectivity index (χ2n) is 3.86. The second kappa shape index (κ2) is 6.39. The number of nitrogens with one attached hydrogen (secondary N) is 1. The molecule has 0 amide bonds. The van der Waals surface area contributed by atoms with E-state index < -0.39 is 17.7 Å². The minimum atomic E-state index is -0.727. The van der Waals surface area contributed by atoms with Crippen LogP contribution in [0.5, 0.6) is 0 Å². The molecule has 3 N–H and O–H groups in total. The largest absolute Gasteiger partial charge is 0.377 e. The van der Waals surface area contributed by atoms with Crippen LogP contribution in [0.25, 0.3) is 0 Å². The first-order valence-electron chi connectivity index (χ1n) is 5.18. The van der Waals surface area contributed by atoms with E-state index in [0.29, 0.717) is 0 Å². The molecule has 0 aliphatic heterocycles. The van der Waals surface area contributed by atoms with Gasteiger partial charge in [0.25, 0.3) is 0 Å². The molecule has 0 aliphatic rings. The van der Waals surface area contributed by atoms with Crippen molar-refractivity contribution < 1.29 is 13.5 Å². The number of halogens is 3. The minimum Gasteiger partial charge on any atom is -0.377 e. The highest BCUT2D eigenvalue weighted by molar-refractivity contribution is 9.10. The number of rotatable bonds is 5. The number of hydrogen-bond acceptors (Lipinski definition) is 3. The molecule has 0 saturated carbocycles. The molecule has 1 rings (SSSR count). The Labute approximate surface area is 107 Å². The smallest absolute Gasteiger partial charge is 0.145 e. The molecule has 0 bridgehead atoms. The van der Waals surface area contributed by atoms with Crippen molar-refractivity contribution in [3.63, 3.8) is 0 Å². The Morgan fingerprint density at radius 2 is 2.06 bits per heavy atom. The molecular formula is C11H15BrF2N2O. The zero-order valence-corrected chi connectivity index (χ0v) is 11.2. The van der Waals surface area contributed by atoms with Gasteiger partial charge >= 0.3 is 0 Å². The highest BCUT2D eigenvalue weighted by Crippen LogP contribution is 2.26. The van der Waals surface area contributed by atoms with Gasteiger partial charge in [0.05, 0.1) is 23.2 Å². The molecule has 0 radical (unpaired) electrons. The maximum Gasteiger partial charge on any atom is 0.145 e. The minimum absolute atomic E-state index is 0.0378. The van der Waals surface area contributed by atoms with Crippen LogP contribution in [0.15, 0.2) is 16.6 Å². The van der Waals surface area contributed by atoms with Crippen LogP contribution >= 0.6 is 15.9 Å². The number of hydrazine groups is 1. The van der Waals surface area contributed by atoms with Crippen molar-refractivity contribution in [2.75, 3.05) is 6.61 Å². The molecule has 1 unspecified atom stereocenters. The van der Waals surface area contributed by atoms with Crippen LogP contribution in [0.1, 0.15) is 25.5 Å². The first-order chi connectivity index (χ1) is 7.97. The van der Waals surface area contributed by atoms with Crippen LogP contribution in [0.3, 0.4) is 0 Å². The Morgan fingerprint density at radius 3 is 2.59 bits per heavy atom. The van der Waals surface area contributed by atoms with Crippen molar-refractivity contribution in [2.45, 2.75) is 26.0 Å². The zero-order chi connectivity index (χ0) is 13.0. The van der Waals surface area contributed by atoms with Crippen LogP contribution < -0.4 is 11.3 Å². The van der Waals surface area contributed by atoms with E-state index in [9.17, 15) is 8.78 Å². The predicted octanol–water partition coefficient (Wildman–Crippen LogP) is 2.66. The summed E-state index contributed by atoms with van der Waals surface area (Å²) in [7, 11) is 0. The van der Waals surface area contributed by atoms with Crippen LogP contribution in [-0.4, -0.2) is 12.7 Å². The summed E-state index contributed by atoms with van der Waals surface area (Å²) in [4.78, 5) is 0. The third-order valence-electron chi connectivity index (χ3n) is 2.23. The van der Waals surface area contributed by atoms with E-state index in [1.54, 1.807) is 0 Å². The Kier molecular flexibility index (Phi) is 5.45. The second-order valence-corrected chi connectivity index (χ2v) is 4.71. The molecule has 3 nitrogen and oxygen atoms in total. The van der Waals surface area contributed by atoms with Gasteiger partial charge in [0.2, 0.25) is 0 Å². The highest BCUT2D eigenvalue weighted by Gasteiger charge is 2.21. The van der Waals surface area contributed by atoms with Crippen molar-refractivity contribution >= 4 is 15.9 Å². The van der Waals surface area contributed by atoms with Crippen LogP contribution in [0, 0.1) is 11.6 Å². The highest BCUT2D eigenvalue weighted by atomic mass is 79.9. The van der Waals surface area contributed by atoms with Gasteiger partial charge in [-0.05, 0) is 41.9 Å². The van der Waals surface area contributed by atoms with E-state index in [-0.39, 0.29) is 22.7 Å². The lowest BCUT2D eigenvalue weighted by Gasteiger charge is -2.19. The van der Waals surface area contributed by atoms with Gasteiger partial charge in [0.15, 0.2) is 0 Å². The average Bonchev–Trinajstić information content (AvgIpc) is 2.28. The lowest BCUT2D eigenvalue weighted by Crippen LogP contribution is -2.33. The summed E-state index contributed by atoms with van der Waals surface area (Å²) in [5, 5.41) is 0. The van der Waals surface area contributed by atoms with Crippen molar-refractivity contribution in [3.8, 4) is 0 Å². The van der Waals surface area contributed by atoms with E-state index >= 15 is 0 Å². The van der Waals surface area contributed by atoms with Gasteiger partial charge in [-0.1, -0.05) is 0 Å². The summed E-state index contributed by atoms with van der Waals surface area (Å²) in [6.07, 6.45) is -0.0378. The third-order valence-corrected chi connectivity index (χ3v) is 2.84. The topological polar surface area (TPSA) is 47.3 Å². The molecule has 1 aromatic carbocycles. The summed E-state index contributed by atoms with van der Waals surface area (Å²) >= 11 is 3.01. The average molecular weight is 309 g/mol. The fourth-order valence-corrected chi connectivity index (χ4v) is 1.71. The van der Waals surface area contributed by atoms with Gasteiger partial charge in [-0.3, -0.25) is 11.3 Å². The zero-order valence-electron chi connectivity index (χ0n) is 9.64. The SMILES string of the molecule is CC(C)OCC(NN)c1c(F)ccc(Br)c1F. The van der Waals surface area contributed by atoms with E-state index in [1.165, 1.54) is 12.1 Å². The molecule has 0 aliphatic carbocycles. The van der Waals surface area contributed by atoms with Gasteiger partial charge in [-0.2, -0.15) is 0 Å². The fraction of sp³-hybridized carbons (Fsp3) is 0.455. The normalized spacial score (nSPS) is 13.1. The summed E-state index contributed by atoms with van der Waals surface area (Å²) < 4.78 is 32.9. The summed E-state index contributed by atoms with van der Waals surface area (Å²) in [6.45, 7) is 3.76. The lowest BCUT2D eigenvalue weighted by atomic mass is 10.1. The number of nitrogens with two attached hydrogens (primary N) is 1. The number of ether oxygens (including phenoxy) is 1. The summed E-state index contributed by atoms with van der Waals surface area (Å²) in [6, 6.07) is 1.77. The molecule has 0 fully saturated rings. The molecule has 17 heavy (non-hydrogen) atoms. The van der Waals surface area contributed by atoms with E-state index in [0.717, 1.165) is 0 Å². The molecule has 0 spiro atoms. The van der Waals surface area contributed by atoms with Crippen LogP contribution in [-0.2, 0) is 4.74 Å². The molecular weight excluding hydrogens is 294 g/mol. The Morgan fingerprint density at radius 1 is 1.41 bits per heavy atom. The lowest BCUT2D eigenvalue weighted by molar-refractivity contribution is 0.0596. The first-order valence-corrected chi connectivity index (χ1v) is 5.97. The molecule has 96 valence electrons. The van der Waals surface area contributed by atoms with E-state index in [4.69, 9.17) is 10.6 Å². The number of benzene rings is 1. The van der Waals surface area contributed by atoms with Gasteiger partial charge < -0.3 is 4.74 Å². The standard InChI is InChI=1S/C11H15BrF2N2O/c1-6(2)17-5-9(16-15)10-8(13)4-3-7(12)11(10)14/h3-4,6,9,16H,5,15H2,1-2H3.